The van der Waals surface area contributed by atoms with E-state index in [-0.39, 0.29) is 16.3 Å². The van der Waals surface area contributed by atoms with Crippen LogP contribution in [-0.2, 0) is 24.8 Å². The van der Waals surface area contributed by atoms with Gasteiger partial charge in [0.15, 0.2) is 0 Å². The van der Waals surface area contributed by atoms with Crippen LogP contribution in [0.25, 0.3) is 0 Å². The third-order valence-corrected chi connectivity index (χ3v) is 7.73. The first-order chi connectivity index (χ1) is 12.4. The van der Waals surface area contributed by atoms with Gasteiger partial charge in [-0.05, 0) is 62.4 Å². The molecule has 0 bridgehead atoms. The molecular weight excluding hydrogens is 412 g/mol. The van der Waals surface area contributed by atoms with Gasteiger partial charge in [-0.3, -0.25) is 9.52 Å². The van der Waals surface area contributed by atoms with Gasteiger partial charge in [-0.1, -0.05) is 11.6 Å². The SMILES string of the molecule is CC1(C)CS(=O)(=O)N(c2ccc(S(=O)(=O)Nc3ccc(Cl)cc3)cc2)C1=O. The van der Waals surface area contributed by atoms with E-state index >= 15 is 0 Å². The minimum Gasteiger partial charge on any atom is -0.280 e. The number of nitrogens with one attached hydrogen (secondary N) is 1. The number of hydrogen-bond donors (Lipinski definition) is 1. The molecule has 1 amide bonds. The van der Waals surface area contributed by atoms with Crippen molar-refractivity contribution in [2.24, 2.45) is 5.41 Å². The van der Waals surface area contributed by atoms with E-state index in [2.05, 4.69) is 4.72 Å². The maximum absolute atomic E-state index is 12.5. The molecule has 0 radical (unpaired) electrons. The quantitative estimate of drug-likeness (QED) is 0.806. The fourth-order valence-corrected chi connectivity index (χ4v) is 6.05. The van der Waals surface area contributed by atoms with Crippen LogP contribution < -0.4 is 9.03 Å². The minimum atomic E-state index is -3.88. The molecule has 2 aromatic rings. The van der Waals surface area contributed by atoms with Crippen molar-refractivity contribution in [3.63, 3.8) is 0 Å². The molecule has 7 nitrogen and oxygen atoms in total. The first kappa shape index (κ1) is 19.7. The molecule has 0 atom stereocenters. The van der Waals surface area contributed by atoms with Crippen LogP contribution in [0.2, 0.25) is 5.02 Å². The van der Waals surface area contributed by atoms with E-state index in [4.69, 9.17) is 11.6 Å². The number of halogens is 1. The number of anilines is 2. The number of sulfonamides is 2. The zero-order chi connectivity index (χ0) is 20.0. The molecule has 0 spiro atoms. The Bertz CT molecular complexity index is 1090. The second-order valence-corrected chi connectivity index (χ2v) is 10.8. The fraction of sp³-hybridized carbons (Fsp3) is 0.235. The van der Waals surface area contributed by atoms with Crippen LogP contribution in [0.15, 0.2) is 53.4 Å². The maximum atomic E-state index is 12.5. The first-order valence-electron chi connectivity index (χ1n) is 7.88. The zero-order valence-electron chi connectivity index (χ0n) is 14.5. The largest absolute Gasteiger partial charge is 0.280 e. The van der Waals surface area contributed by atoms with E-state index < -0.39 is 31.4 Å². The summed E-state index contributed by atoms with van der Waals surface area (Å²) in [4.78, 5) is 12.3. The topological polar surface area (TPSA) is 101 Å². The molecule has 0 aliphatic carbocycles. The van der Waals surface area contributed by atoms with Gasteiger partial charge in [0, 0.05) is 10.7 Å². The van der Waals surface area contributed by atoms with Gasteiger partial charge in [0.25, 0.3) is 10.0 Å². The molecule has 0 aromatic heterocycles. The first-order valence-corrected chi connectivity index (χ1v) is 11.4. The van der Waals surface area contributed by atoms with Gasteiger partial charge in [0.2, 0.25) is 15.9 Å². The highest BCUT2D eigenvalue weighted by atomic mass is 35.5. The van der Waals surface area contributed by atoms with Crippen molar-refractivity contribution in [2.75, 3.05) is 14.8 Å². The summed E-state index contributed by atoms with van der Waals surface area (Å²) < 4.78 is 52.7. The van der Waals surface area contributed by atoms with Crippen LogP contribution in [0, 0.1) is 5.41 Å². The predicted octanol–water partition coefficient (Wildman–Crippen LogP) is 2.84. The summed E-state index contributed by atoms with van der Waals surface area (Å²) in [7, 11) is -7.67. The molecule has 144 valence electrons. The average Bonchev–Trinajstić information content (AvgIpc) is 2.73. The summed E-state index contributed by atoms with van der Waals surface area (Å²) in [6, 6.07) is 11.2. The number of rotatable bonds is 4. The molecule has 2 aromatic carbocycles. The molecule has 1 aliphatic heterocycles. The molecule has 1 heterocycles. The number of hydrogen-bond acceptors (Lipinski definition) is 5. The van der Waals surface area contributed by atoms with Crippen molar-refractivity contribution >= 4 is 48.9 Å². The van der Waals surface area contributed by atoms with E-state index in [1.54, 1.807) is 26.0 Å². The van der Waals surface area contributed by atoms with Crippen molar-refractivity contribution < 1.29 is 21.6 Å². The molecule has 0 saturated carbocycles. The van der Waals surface area contributed by atoms with Crippen molar-refractivity contribution in [3.05, 3.63) is 53.6 Å². The van der Waals surface area contributed by atoms with Crippen LogP contribution in [0.4, 0.5) is 11.4 Å². The zero-order valence-corrected chi connectivity index (χ0v) is 16.9. The van der Waals surface area contributed by atoms with Crippen LogP contribution in [0.5, 0.6) is 0 Å². The standard InChI is InChI=1S/C17H17ClN2O5S2/c1-17(2)11-26(22,23)20(16(17)21)14-7-9-15(10-8-14)27(24,25)19-13-5-3-12(18)4-6-13/h3-10,19H,11H2,1-2H3. The van der Waals surface area contributed by atoms with Gasteiger partial charge in [-0.25, -0.2) is 21.1 Å². The molecule has 1 fully saturated rings. The van der Waals surface area contributed by atoms with E-state index in [9.17, 15) is 21.6 Å². The smallest absolute Gasteiger partial charge is 0.261 e. The van der Waals surface area contributed by atoms with Crippen molar-refractivity contribution in [1.82, 2.24) is 0 Å². The predicted molar refractivity (Wildman–Crippen MR) is 104 cm³/mol. The third-order valence-electron chi connectivity index (χ3n) is 4.06. The summed E-state index contributed by atoms with van der Waals surface area (Å²) in [6.45, 7) is 3.11. The lowest BCUT2D eigenvalue weighted by atomic mass is 9.95. The Morgan fingerprint density at radius 2 is 1.59 bits per heavy atom. The highest BCUT2D eigenvalue weighted by molar-refractivity contribution is 7.94. The lowest BCUT2D eigenvalue weighted by molar-refractivity contribution is -0.123. The number of amides is 1. The summed E-state index contributed by atoms with van der Waals surface area (Å²) in [5.74, 6) is -0.839. The van der Waals surface area contributed by atoms with Crippen molar-refractivity contribution in [3.8, 4) is 0 Å². The third kappa shape index (κ3) is 3.80. The lowest BCUT2D eigenvalue weighted by Gasteiger charge is -2.17. The van der Waals surface area contributed by atoms with E-state index in [0.717, 1.165) is 4.31 Å². The second-order valence-electron chi connectivity index (χ2n) is 6.82. The van der Waals surface area contributed by atoms with E-state index in [1.165, 1.54) is 36.4 Å². The Morgan fingerprint density at radius 3 is 2.07 bits per heavy atom. The Labute approximate surface area is 163 Å². The van der Waals surface area contributed by atoms with Gasteiger partial charge in [-0.15, -0.1) is 0 Å². The molecule has 1 N–H and O–H groups in total. The Morgan fingerprint density at radius 1 is 1.04 bits per heavy atom. The number of carbonyl (C=O) groups excluding carboxylic acids is 1. The second kappa shape index (κ2) is 6.50. The molecule has 1 saturated heterocycles. The highest BCUT2D eigenvalue weighted by Gasteiger charge is 2.49. The Hall–Kier alpha value is -2.10. The van der Waals surface area contributed by atoms with Gasteiger partial charge in [0.1, 0.15) is 0 Å². The van der Waals surface area contributed by atoms with Gasteiger partial charge in [-0.2, -0.15) is 0 Å². The van der Waals surface area contributed by atoms with E-state index in [0.29, 0.717) is 10.7 Å². The lowest BCUT2D eigenvalue weighted by Crippen LogP contribution is -2.32. The van der Waals surface area contributed by atoms with Gasteiger partial charge in [0.05, 0.1) is 21.8 Å². The molecule has 0 unspecified atom stereocenters. The Kier molecular flexibility index (Phi) is 4.73. The average molecular weight is 429 g/mol. The van der Waals surface area contributed by atoms with Crippen LogP contribution in [0.1, 0.15) is 13.8 Å². The normalized spacial score (nSPS) is 18.5. The molecule has 1 aliphatic rings. The molecule has 3 rings (SSSR count). The highest BCUT2D eigenvalue weighted by Crippen LogP contribution is 2.36. The monoisotopic (exact) mass is 428 g/mol. The molecular formula is C17H17ClN2O5S2. The van der Waals surface area contributed by atoms with E-state index in [1.807, 2.05) is 0 Å². The summed E-state index contributed by atoms with van der Waals surface area (Å²) in [5, 5.41) is 0.474. The van der Waals surface area contributed by atoms with Gasteiger partial charge < -0.3 is 0 Å². The van der Waals surface area contributed by atoms with Crippen molar-refractivity contribution in [1.29, 1.82) is 0 Å². The fourth-order valence-electron chi connectivity index (χ4n) is 2.75. The number of carbonyl (C=O) groups is 1. The number of nitrogens with zero attached hydrogens (tertiary/aromatic N) is 1. The molecule has 27 heavy (non-hydrogen) atoms. The molecule has 10 heteroatoms. The summed E-state index contributed by atoms with van der Waals surface area (Å²) in [5.41, 5.74) is -0.585. The Balaban J connectivity index is 1.89. The van der Waals surface area contributed by atoms with Crippen molar-refractivity contribution in [2.45, 2.75) is 18.7 Å². The van der Waals surface area contributed by atoms with Crippen LogP contribution >= 0.6 is 11.6 Å². The van der Waals surface area contributed by atoms with Crippen LogP contribution in [0.3, 0.4) is 0 Å². The number of benzene rings is 2. The van der Waals surface area contributed by atoms with Gasteiger partial charge >= 0.3 is 0 Å². The minimum absolute atomic E-state index is 0.0653. The van der Waals surface area contributed by atoms with Crippen LogP contribution in [-0.4, -0.2) is 28.5 Å². The summed E-state index contributed by atoms with van der Waals surface area (Å²) in [6.07, 6.45) is 0. The summed E-state index contributed by atoms with van der Waals surface area (Å²) >= 11 is 5.78. The maximum Gasteiger partial charge on any atom is 0.261 e.